The fraction of sp³-hybridized carbons (Fsp3) is 0.333. The van der Waals surface area contributed by atoms with Crippen LogP contribution in [0.5, 0.6) is 0 Å². The SMILES string of the molecule is CC(C)C1N=C(C(F)(F)F)c2cc(C(=O)C(F)(F)F)c3ccccc3c2N1. The number of hydrogen-bond acceptors (Lipinski definition) is 3. The first-order valence-electron chi connectivity index (χ1n) is 8.00. The smallest absolute Gasteiger partial charge is 0.363 e. The number of nitrogens with one attached hydrogen (secondary N) is 1. The zero-order valence-corrected chi connectivity index (χ0v) is 14.2. The molecule has 2 aromatic rings. The fourth-order valence-corrected chi connectivity index (χ4v) is 2.99. The summed E-state index contributed by atoms with van der Waals surface area (Å²) in [6, 6.07) is 6.19. The predicted molar refractivity (Wildman–Crippen MR) is 89.2 cm³/mol. The van der Waals surface area contributed by atoms with Gasteiger partial charge in [-0.2, -0.15) is 26.3 Å². The topological polar surface area (TPSA) is 41.5 Å². The maximum Gasteiger partial charge on any atom is 0.454 e. The van der Waals surface area contributed by atoms with E-state index in [0.29, 0.717) is 6.07 Å². The van der Waals surface area contributed by atoms with Crippen molar-refractivity contribution in [3.63, 3.8) is 0 Å². The molecule has 0 saturated carbocycles. The number of halogens is 6. The second-order valence-electron chi connectivity index (χ2n) is 6.53. The van der Waals surface area contributed by atoms with Crippen molar-refractivity contribution < 1.29 is 31.1 Å². The molecule has 3 nitrogen and oxygen atoms in total. The lowest BCUT2D eigenvalue weighted by Gasteiger charge is -2.30. The Kier molecular flexibility index (Phi) is 4.44. The molecule has 0 amide bonds. The Morgan fingerprint density at radius 2 is 1.67 bits per heavy atom. The summed E-state index contributed by atoms with van der Waals surface area (Å²) in [6.45, 7) is 3.34. The highest BCUT2D eigenvalue weighted by Crippen LogP contribution is 2.40. The molecule has 0 aliphatic carbocycles. The average Bonchev–Trinajstić information content (AvgIpc) is 2.57. The number of benzene rings is 2. The Hall–Kier alpha value is -2.58. The summed E-state index contributed by atoms with van der Waals surface area (Å²) in [4.78, 5) is 15.5. The van der Waals surface area contributed by atoms with Gasteiger partial charge in [0.05, 0.1) is 5.69 Å². The van der Waals surface area contributed by atoms with E-state index >= 15 is 0 Å². The molecule has 144 valence electrons. The van der Waals surface area contributed by atoms with Crippen molar-refractivity contribution in [1.82, 2.24) is 0 Å². The lowest BCUT2D eigenvalue weighted by molar-refractivity contribution is -0.0884. The first-order chi connectivity index (χ1) is 12.4. The number of rotatable bonds is 2. The van der Waals surface area contributed by atoms with Crippen LogP contribution in [0.1, 0.15) is 29.8 Å². The number of Topliss-reactive ketones (excluding diaryl/α,β-unsaturated/α-hetero) is 1. The molecule has 2 aromatic carbocycles. The zero-order chi connectivity index (χ0) is 20.1. The summed E-state index contributed by atoms with van der Waals surface area (Å²) >= 11 is 0. The van der Waals surface area contributed by atoms with E-state index in [1.807, 2.05) is 0 Å². The van der Waals surface area contributed by atoms with Gasteiger partial charge in [-0.3, -0.25) is 9.79 Å². The zero-order valence-electron chi connectivity index (χ0n) is 14.2. The van der Waals surface area contributed by atoms with E-state index in [1.54, 1.807) is 13.8 Å². The summed E-state index contributed by atoms with van der Waals surface area (Å²) in [6.07, 6.45) is -11.0. The molecule has 9 heteroatoms. The Bertz CT molecular complexity index is 943. The number of nitrogens with zero attached hydrogens (tertiary/aromatic N) is 1. The van der Waals surface area contributed by atoms with Gasteiger partial charge < -0.3 is 5.32 Å². The molecule has 0 bridgehead atoms. The molecule has 1 atom stereocenters. The number of aliphatic imine (C=N–C) groups is 1. The number of hydrogen-bond donors (Lipinski definition) is 1. The van der Waals surface area contributed by atoms with Crippen molar-refractivity contribution in [2.45, 2.75) is 32.4 Å². The number of anilines is 1. The molecule has 3 rings (SSSR count). The quantitative estimate of drug-likeness (QED) is 0.557. The van der Waals surface area contributed by atoms with Crippen LogP contribution in [0.3, 0.4) is 0 Å². The van der Waals surface area contributed by atoms with E-state index in [1.165, 1.54) is 24.3 Å². The summed E-state index contributed by atoms with van der Waals surface area (Å²) in [7, 11) is 0. The molecule has 1 heterocycles. The van der Waals surface area contributed by atoms with Crippen molar-refractivity contribution in [3.05, 3.63) is 41.5 Å². The highest BCUT2D eigenvalue weighted by molar-refractivity contribution is 6.21. The van der Waals surface area contributed by atoms with Crippen LogP contribution >= 0.6 is 0 Å². The number of carbonyl (C=O) groups is 1. The van der Waals surface area contributed by atoms with Crippen LogP contribution < -0.4 is 5.32 Å². The van der Waals surface area contributed by atoms with Crippen molar-refractivity contribution in [1.29, 1.82) is 0 Å². The minimum Gasteiger partial charge on any atom is -0.363 e. The van der Waals surface area contributed by atoms with Gasteiger partial charge in [0, 0.05) is 16.5 Å². The van der Waals surface area contributed by atoms with Crippen molar-refractivity contribution in [3.8, 4) is 0 Å². The molecular weight excluding hydrogens is 374 g/mol. The highest BCUT2D eigenvalue weighted by Gasteiger charge is 2.44. The molecule has 0 fully saturated rings. The molecule has 0 spiro atoms. The van der Waals surface area contributed by atoms with Crippen molar-refractivity contribution in [2.24, 2.45) is 10.9 Å². The van der Waals surface area contributed by atoms with Crippen LogP contribution in [0.15, 0.2) is 35.3 Å². The van der Waals surface area contributed by atoms with Gasteiger partial charge in [0.15, 0.2) is 5.71 Å². The lowest BCUT2D eigenvalue weighted by Crippen LogP contribution is -2.36. The van der Waals surface area contributed by atoms with Gasteiger partial charge >= 0.3 is 12.4 Å². The minimum atomic E-state index is -5.21. The minimum absolute atomic E-state index is 0.0188. The fourth-order valence-electron chi connectivity index (χ4n) is 2.99. The maximum absolute atomic E-state index is 13.6. The number of fused-ring (bicyclic) bond motifs is 3. The third-order valence-electron chi connectivity index (χ3n) is 4.26. The molecule has 1 aliphatic rings. The monoisotopic (exact) mass is 388 g/mol. The van der Waals surface area contributed by atoms with Gasteiger partial charge in [-0.1, -0.05) is 38.1 Å². The van der Waals surface area contributed by atoms with Crippen LogP contribution in [0.4, 0.5) is 32.0 Å². The third kappa shape index (κ3) is 3.38. The summed E-state index contributed by atoms with van der Waals surface area (Å²) in [5.41, 5.74) is -2.67. The van der Waals surface area contributed by atoms with Crippen LogP contribution in [0.2, 0.25) is 0 Å². The third-order valence-corrected chi connectivity index (χ3v) is 4.26. The van der Waals surface area contributed by atoms with E-state index in [9.17, 15) is 31.1 Å². The molecule has 0 aromatic heterocycles. The molecule has 1 N–H and O–H groups in total. The van der Waals surface area contributed by atoms with Crippen LogP contribution in [0, 0.1) is 5.92 Å². The Labute approximate surface area is 150 Å². The molecule has 0 radical (unpaired) electrons. The van der Waals surface area contributed by atoms with Crippen molar-refractivity contribution in [2.75, 3.05) is 5.32 Å². The first-order valence-corrected chi connectivity index (χ1v) is 8.00. The van der Waals surface area contributed by atoms with Gasteiger partial charge in [-0.25, -0.2) is 0 Å². The van der Waals surface area contributed by atoms with Gasteiger partial charge in [0.1, 0.15) is 6.17 Å². The Balaban J connectivity index is 2.37. The van der Waals surface area contributed by atoms with Crippen LogP contribution in [0.25, 0.3) is 10.8 Å². The van der Waals surface area contributed by atoms with E-state index in [-0.39, 0.29) is 22.4 Å². The second-order valence-corrected chi connectivity index (χ2v) is 6.53. The first kappa shape index (κ1) is 19.2. The number of alkyl halides is 6. The normalized spacial score (nSPS) is 17.5. The standard InChI is InChI=1S/C18H14F6N2O/c1-8(2)16-25-13-10-6-4-3-5-9(10)11(15(27)18(22,23)24)7-12(13)14(26-16)17(19,20)21/h3-8,16,25H,1-2H3. The van der Waals surface area contributed by atoms with E-state index in [2.05, 4.69) is 10.3 Å². The van der Waals surface area contributed by atoms with Gasteiger partial charge in [0.25, 0.3) is 5.78 Å². The lowest BCUT2D eigenvalue weighted by atomic mass is 9.91. The van der Waals surface area contributed by atoms with E-state index in [0.717, 1.165) is 0 Å². The average molecular weight is 388 g/mol. The van der Waals surface area contributed by atoms with Crippen LogP contribution in [-0.2, 0) is 0 Å². The van der Waals surface area contributed by atoms with Crippen LogP contribution in [-0.4, -0.2) is 30.0 Å². The van der Waals surface area contributed by atoms with E-state index in [4.69, 9.17) is 0 Å². The van der Waals surface area contributed by atoms with Gasteiger partial charge in [0.2, 0.25) is 0 Å². The Morgan fingerprint density at radius 3 is 2.19 bits per heavy atom. The molecule has 1 aliphatic heterocycles. The number of ketones is 1. The van der Waals surface area contributed by atoms with Gasteiger partial charge in [-0.05, 0) is 17.4 Å². The summed E-state index contributed by atoms with van der Waals surface area (Å²) in [5.74, 6) is -2.50. The predicted octanol–water partition coefficient (Wildman–Crippen LogP) is 5.34. The molecule has 27 heavy (non-hydrogen) atoms. The summed E-state index contributed by atoms with van der Waals surface area (Å²) < 4.78 is 79.6. The molecule has 1 unspecified atom stereocenters. The second kappa shape index (κ2) is 6.24. The summed E-state index contributed by atoms with van der Waals surface area (Å²) in [5, 5.41) is 2.90. The van der Waals surface area contributed by atoms with Crippen molar-refractivity contribution >= 4 is 28.0 Å². The Morgan fingerprint density at radius 1 is 1.07 bits per heavy atom. The largest absolute Gasteiger partial charge is 0.454 e. The molecular formula is C18H14F6N2O. The highest BCUT2D eigenvalue weighted by atomic mass is 19.4. The number of carbonyl (C=O) groups excluding carboxylic acids is 1. The maximum atomic E-state index is 13.6. The van der Waals surface area contributed by atoms with E-state index < -0.39 is 41.1 Å². The van der Waals surface area contributed by atoms with Gasteiger partial charge in [-0.15, -0.1) is 0 Å². The molecule has 0 saturated heterocycles.